The van der Waals surface area contributed by atoms with Crippen molar-refractivity contribution in [3.05, 3.63) is 42.0 Å². The molecule has 2 aromatic heterocycles. The fourth-order valence-electron chi connectivity index (χ4n) is 2.09. The molecule has 0 amide bonds. The van der Waals surface area contributed by atoms with E-state index in [0.29, 0.717) is 19.2 Å². The van der Waals surface area contributed by atoms with Crippen LogP contribution in [0, 0.1) is 0 Å². The fraction of sp³-hybridized carbons (Fsp3) is 0.467. The summed E-state index contributed by atoms with van der Waals surface area (Å²) in [6.45, 7) is 5.25. The predicted molar refractivity (Wildman–Crippen MR) is 78.3 cm³/mol. The summed E-state index contributed by atoms with van der Waals surface area (Å²) in [6.07, 6.45) is 5.89. The van der Waals surface area contributed by atoms with E-state index in [1.165, 1.54) is 0 Å². The van der Waals surface area contributed by atoms with Gasteiger partial charge >= 0.3 is 0 Å². The van der Waals surface area contributed by atoms with Crippen LogP contribution in [0.2, 0.25) is 0 Å². The van der Waals surface area contributed by atoms with Crippen LogP contribution < -0.4 is 10.5 Å². The molecule has 2 heterocycles. The fourth-order valence-corrected chi connectivity index (χ4v) is 2.09. The molecule has 5 heteroatoms. The lowest BCUT2D eigenvalue weighted by Gasteiger charge is -2.12. The Bertz CT molecular complexity index is 517. The average Bonchev–Trinajstić information content (AvgIpc) is 2.96. The summed E-state index contributed by atoms with van der Waals surface area (Å²) in [5, 5.41) is 4.55. The number of pyridine rings is 1. The van der Waals surface area contributed by atoms with Crippen LogP contribution in [0.3, 0.4) is 0 Å². The molecule has 2 rings (SSSR count). The standard InChI is InChI=1S/C15H22N4O/c1-3-14(4-2)19-8-7-13(18-19)11-20-15-6-5-12(9-16)17-10-15/h5-8,10,14H,3-4,9,11,16H2,1-2H3. The summed E-state index contributed by atoms with van der Waals surface area (Å²) in [5.41, 5.74) is 7.29. The van der Waals surface area contributed by atoms with Crippen LogP contribution in [0.25, 0.3) is 0 Å². The van der Waals surface area contributed by atoms with Gasteiger partial charge in [-0.1, -0.05) is 13.8 Å². The number of rotatable bonds is 7. The zero-order valence-electron chi connectivity index (χ0n) is 12.1. The lowest BCUT2D eigenvalue weighted by Crippen LogP contribution is -2.08. The summed E-state index contributed by atoms with van der Waals surface area (Å²) in [7, 11) is 0. The van der Waals surface area contributed by atoms with Gasteiger partial charge in [-0.25, -0.2) is 0 Å². The first kappa shape index (κ1) is 14.5. The molecular formula is C15H22N4O. The third-order valence-corrected chi connectivity index (χ3v) is 3.37. The number of hydrogen-bond acceptors (Lipinski definition) is 4. The number of nitrogens with two attached hydrogens (primary N) is 1. The predicted octanol–water partition coefficient (Wildman–Crippen LogP) is 2.68. The Hall–Kier alpha value is -1.88. The second-order valence-corrected chi connectivity index (χ2v) is 4.74. The lowest BCUT2D eigenvalue weighted by molar-refractivity contribution is 0.296. The van der Waals surface area contributed by atoms with Crippen molar-refractivity contribution in [2.24, 2.45) is 5.73 Å². The maximum atomic E-state index is 5.67. The van der Waals surface area contributed by atoms with Crippen LogP contribution in [0.1, 0.15) is 44.1 Å². The van der Waals surface area contributed by atoms with Crippen LogP contribution >= 0.6 is 0 Å². The maximum Gasteiger partial charge on any atom is 0.138 e. The van der Waals surface area contributed by atoms with Gasteiger partial charge in [-0.3, -0.25) is 9.67 Å². The molecule has 0 radical (unpaired) electrons. The van der Waals surface area contributed by atoms with Crippen molar-refractivity contribution in [3.63, 3.8) is 0 Å². The molecule has 0 aliphatic rings. The third kappa shape index (κ3) is 3.57. The highest BCUT2D eigenvalue weighted by Gasteiger charge is 2.08. The van der Waals surface area contributed by atoms with E-state index in [-0.39, 0.29) is 0 Å². The largest absolute Gasteiger partial charge is 0.486 e. The molecule has 0 fully saturated rings. The molecule has 0 saturated carbocycles. The Balaban J connectivity index is 1.93. The van der Waals surface area contributed by atoms with E-state index in [1.807, 2.05) is 29.1 Å². The number of nitrogens with zero attached hydrogens (tertiary/aromatic N) is 3. The molecule has 0 unspecified atom stereocenters. The van der Waals surface area contributed by atoms with E-state index in [0.717, 1.165) is 30.0 Å². The summed E-state index contributed by atoms with van der Waals surface area (Å²) >= 11 is 0. The molecule has 108 valence electrons. The van der Waals surface area contributed by atoms with Crippen molar-refractivity contribution in [2.75, 3.05) is 0 Å². The maximum absolute atomic E-state index is 5.67. The monoisotopic (exact) mass is 274 g/mol. The van der Waals surface area contributed by atoms with Crippen LogP contribution in [0.4, 0.5) is 0 Å². The van der Waals surface area contributed by atoms with Crippen LogP contribution in [0.5, 0.6) is 5.75 Å². The Morgan fingerprint density at radius 3 is 2.60 bits per heavy atom. The minimum atomic E-state index is 0.445. The van der Waals surface area contributed by atoms with Gasteiger partial charge in [0.25, 0.3) is 0 Å². The number of hydrogen-bond donors (Lipinski definition) is 1. The first-order valence-corrected chi connectivity index (χ1v) is 7.08. The van der Waals surface area contributed by atoms with Gasteiger partial charge in [0.2, 0.25) is 0 Å². The van der Waals surface area contributed by atoms with E-state index in [9.17, 15) is 0 Å². The van der Waals surface area contributed by atoms with E-state index < -0.39 is 0 Å². The van der Waals surface area contributed by atoms with E-state index >= 15 is 0 Å². The molecule has 2 aromatic rings. The van der Waals surface area contributed by atoms with Crippen molar-refractivity contribution in [3.8, 4) is 5.75 Å². The molecule has 0 saturated heterocycles. The van der Waals surface area contributed by atoms with E-state index in [4.69, 9.17) is 10.5 Å². The van der Waals surface area contributed by atoms with Crippen molar-refractivity contribution >= 4 is 0 Å². The van der Waals surface area contributed by atoms with Crippen LogP contribution in [0.15, 0.2) is 30.6 Å². The lowest BCUT2D eigenvalue weighted by atomic mass is 10.2. The normalized spacial score (nSPS) is 11.0. The second-order valence-electron chi connectivity index (χ2n) is 4.74. The smallest absolute Gasteiger partial charge is 0.138 e. The van der Waals surface area contributed by atoms with Crippen molar-refractivity contribution in [1.29, 1.82) is 0 Å². The first-order valence-electron chi connectivity index (χ1n) is 7.08. The van der Waals surface area contributed by atoms with E-state index in [1.54, 1.807) is 6.20 Å². The number of aromatic nitrogens is 3. The average molecular weight is 274 g/mol. The van der Waals surface area contributed by atoms with Gasteiger partial charge in [-0.05, 0) is 31.0 Å². The summed E-state index contributed by atoms with van der Waals surface area (Å²) < 4.78 is 7.70. The highest BCUT2D eigenvalue weighted by atomic mass is 16.5. The molecule has 20 heavy (non-hydrogen) atoms. The molecule has 0 atom stereocenters. The van der Waals surface area contributed by atoms with Crippen LogP contribution in [-0.4, -0.2) is 14.8 Å². The molecule has 2 N–H and O–H groups in total. The highest BCUT2D eigenvalue weighted by molar-refractivity contribution is 5.20. The zero-order valence-corrected chi connectivity index (χ0v) is 12.1. The molecule has 0 bridgehead atoms. The zero-order chi connectivity index (χ0) is 14.4. The molecule has 5 nitrogen and oxygen atoms in total. The Labute approximate surface area is 119 Å². The Morgan fingerprint density at radius 2 is 2.00 bits per heavy atom. The minimum absolute atomic E-state index is 0.445. The first-order chi connectivity index (χ1) is 9.76. The number of ether oxygens (including phenoxy) is 1. The Morgan fingerprint density at radius 1 is 1.20 bits per heavy atom. The van der Waals surface area contributed by atoms with Gasteiger partial charge in [0.15, 0.2) is 0 Å². The van der Waals surface area contributed by atoms with Gasteiger partial charge in [-0.2, -0.15) is 5.10 Å². The van der Waals surface area contributed by atoms with Gasteiger partial charge < -0.3 is 10.5 Å². The molecule has 0 aliphatic heterocycles. The van der Waals surface area contributed by atoms with Gasteiger partial charge in [0.1, 0.15) is 12.4 Å². The molecule has 0 aliphatic carbocycles. The van der Waals surface area contributed by atoms with Crippen molar-refractivity contribution in [2.45, 2.75) is 45.9 Å². The molecular weight excluding hydrogens is 252 g/mol. The highest BCUT2D eigenvalue weighted by Crippen LogP contribution is 2.16. The topological polar surface area (TPSA) is 66.0 Å². The van der Waals surface area contributed by atoms with Crippen molar-refractivity contribution in [1.82, 2.24) is 14.8 Å². The Kier molecular flexibility index (Phi) is 5.12. The summed E-state index contributed by atoms with van der Waals surface area (Å²) in [4.78, 5) is 4.19. The van der Waals surface area contributed by atoms with Crippen molar-refractivity contribution < 1.29 is 4.74 Å². The molecule has 0 spiro atoms. The van der Waals surface area contributed by atoms with Gasteiger partial charge in [0, 0.05) is 12.7 Å². The third-order valence-electron chi connectivity index (χ3n) is 3.37. The minimum Gasteiger partial charge on any atom is -0.486 e. The van der Waals surface area contributed by atoms with Gasteiger partial charge in [-0.15, -0.1) is 0 Å². The SMILES string of the molecule is CCC(CC)n1ccc(COc2ccc(CN)nc2)n1. The summed E-state index contributed by atoms with van der Waals surface area (Å²) in [5.74, 6) is 0.735. The van der Waals surface area contributed by atoms with Gasteiger partial charge in [0.05, 0.1) is 23.6 Å². The quantitative estimate of drug-likeness (QED) is 0.843. The second kappa shape index (κ2) is 7.05. The van der Waals surface area contributed by atoms with E-state index in [2.05, 4.69) is 23.9 Å². The summed E-state index contributed by atoms with van der Waals surface area (Å²) in [6, 6.07) is 6.22. The van der Waals surface area contributed by atoms with Crippen LogP contribution in [-0.2, 0) is 13.2 Å². The molecule has 0 aromatic carbocycles.